The molecule has 0 saturated carbocycles. The normalized spacial score (nSPS) is 10.6. The maximum absolute atomic E-state index is 5.85. The number of hydrogen-bond acceptors (Lipinski definition) is 3. The molecule has 0 spiro atoms. The second-order valence-electron chi connectivity index (χ2n) is 3.95. The fraction of sp³-hybridized carbons (Fsp3) is 0.0667. The van der Waals surface area contributed by atoms with Crippen LogP contribution in [0.1, 0.15) is 0 Å². The Balaban J connectivity index is 1.95. The Morgan fingerprint density at radius 1 is 1.05 bits per heavy atom. The minimum atomic E-state index is 0.755. The summed E-state index contributed by atoms with van der Waals surface area (Å²) in [5.41, 5.74) is 0. The van der Waals surface area contributed by atoms with Gasteiger partial charge in [-0.25, -0.2) is 0 Å². The van der Waals surface area contributed by atoms with Gasteiger partial charge in [0.2, 0.25) is 0 Å². The zero-order valence-corrected chi connectivity index (χ0v) is 12.5. The van der Waals surface area contributed by atoms with Gasteiger partial charge in [0.05, 0.1) is 12.5 Å². The Morgan fingerprint density at radius 2 is 1.79 bits per heavy atom. The van der Waals surface area contributed by atoms with E-state index in [1.165, 1.54) is 11.3 Å². The lowest BCUT2D eigenvalue weighted by atomic mass is 10.2. The highest BCUT2D eigenvalue weighted by atomic mass is 79.9. The highest BCUT2D eigenvalue weighted by molar-refractivity contribution is 9.10. The number of ether oxygens (including phenoxy) is 2. The molecule has 0 aliphatic rings. The maximum Gasteiger partial charge on any atom is 0.154 e. The quantitative estimate of drug-likeness (QED) is 0.650. The minimum Gasteiger partial charge on any atom is -0.497 e. The SMILES string of the molecule is COc1ccc2c(Oc3ccc(Br)cc3)[c]sc2c1. The molecule has 0 bridgehead atoms. The van der Waals surface area contributed by atoms with Gasteiger partial charge >= 0.3 is 0 Å². The Morgan fingerprint density at radius 3 is 2.53 bits per heavy atom. The molecule has 0 saturated heterocycles. The zero-order chi connectivity index (χ0) is 13.2. The largest absolute Gasteiger partial charge is 0.497 e. The third-order valence-electron chi connectivity index (χ3n) is 2.72. The van der Waals surface area contributed by atoms with Crippen molar-refractivity contribution in [1.82, 2.24) is 0 Å². The van der Waals surface area contributed by atoms with Crippen molar-refractivity contribution in [2.45, 2.75) is 0 Å². The van der Waals surface area contributed by atoms with Gasteiger partial charge < -0.3 is 9.47 Å². The highest BCUT2D eigenvalue weighted by Gasteiger charge is 2.08. The summed E-state index contributed by atoms with van der Waals surface area (Å²) in [5, 5.41) is 4.23. The van der Waals surface area contributed by atoms with Crippen LogP contribution in [0.15, 0.2) is 46.9 Å². The summed E-state index contributed by atoms with van der Waals surface area (Å²) in [4.78, 5) is 0. The van der Waals surface area contributed by atoms with Gasteiger partial charge in [0.25, 0.3) is 0 Å². The summed E-state index contributed by atoms with van der Waals surface area (Å²) in [5.74, 6) is 2.40. The van der Waals surface area contributed by atoms with Crippen molar-refractivity contribution in [3.63, 3.8) is 0 Å². The van der Waals surface area contributed by atoms with E-state index in [9.17, 15) is 0 Å². The van der Waals surface area contributed by atoms with E-state index in [0.29, 0.717) is 0 Å². The van der Waals surface area contributed by atoms with Crippen LogP contribution in [0, 0.1) is 5.38 Å². The summed E-state index contributed by atoms with van der Waals surface area (Å²) >= 11 is 4.93. The van der Waals surface area contributed by atoms with Gasteiger partial charge in [0, 0.05) is 14.6 Å². The van der Waals surface area contributed by atoms with E-state index in [-0.39, 0.29) is 0 Å². The van der Waals surface area contributed by atoms with E-state index in [4.69, 9.17) is 9.47 Å². The molecule has 1 heterocycles. The molecule has 0 atom stereocenters. The average Bonchev–Trinajstić information content (AvgIpc) is 2.83. The van der Waals surface area contributed by atoms with E-state index in [2.05, 4.69) is 21.3 Å². The second kappa shape index (κ2) is 5.23. The summed E-state index contributed by atoms with van der Waals surface area (Å²) in [6.45, 7) is 0. The van der Waals surface area contributed by atoms with Gasteiger partial charge in [-0.3, -0.25) is 0 Å². The van der Waals surface area contributed by atoms with Crippen LogP contribution in [0.25, 0.3) is 10.1 Å². The van der Waals surface area contributed by atoms with Gasteiger partial charge in [-0.2, -0.15) is 0 Å². The van der Waals surface area contributed by atoms with Crippen LogP contribution in [0.5, 0.6) is 17.2 Å². The highest BCUT2D eigenvalue weighted by Crippen LogP contribution is 2.36. The smallest absolute Gasteiger partial charge is 0.154 e. The predicted molar refractivity (Wildman–Crippen MR) is 81.4 cm³/mol. The fourth-order valence-electron chi connectivity index (χ4n) is 1.75. The van der Waals surface area contributed by atoms with E-state index in [1.807, 2.05) is 42.5 Å². The Bertz CT molecular complexity index is 704. The summed E-state index contributed by atoms with van der Waals surface area (Å²) in [7, 11) is 1.66. The molecule has 4 heteroatoms. The maximum atomic E-state index is 5.85. The van der Waals surface area contributed by atoms with Crippen LogP contribution in [0.4, 0.5) is 0 Å². The molecular weight excluding hydrogens is 324 g/mol. The van der Waals surface area contributed by atoms with Gasteiger partial charge in [-0.1, -0.05) is 15.9 Å². The van der Waals surface area contributed by atoms with Crippen molar-refractivity contribution in [3.8, 4) is 17.2 Å². The molecule has 0 aliphatic carbocycles. The molecule has 3 rings (SSSR count). The van der Waals surface area contributed by atoms with Gasteiger partial charge in [0.1, 0.15) is 11.5 Å². The lowest BCUT2D eigenvalue weighted by molar-refractivity contribution is 0.415. The zero-order valence-electron chi connectivity index (χ0n) is 10.1. The van der Waals surface area contributed by atoms with Crippen molar-refractivity contribution >= 4 is 37.4 Å². The van der Waals surface area contributed by atoms with E-state index < -0.39 is 0 Å². The second-order valence-corrected chi connectivity index (χ2v) is 5.72. The molecule has 1 aromatic heterocycles. The summed E-state index contributed by atoms with van der Waals surface area (Å²) in [6, 6.07) is 13.7. The molecule has 95 valence electrons. The van der Waals surface area contributed by atoms with Crippen LogP contribution in [0.2, 0.25) is 0 Å². The number of hydrogen-bond donors (Lipinski definition) is 0. The molecule has 2 nitrogen and oxygen atoms in total. The van der Waals surface area contributed by atoms with Crippen molar-refractivity contribution in [2.24, 2.45) is 0 Å². The number of benzene rings is 2. The fourth-order valence-corrected chi connectivity index (χ4v) is 2.82. The van der Waals surface area contributed by atoms with Gasteiger partial charge in [-0.05, 0) is 42.5 Å². The number of rotatable bonds is 3. The number of thiophene rings is 1. The van der Waals surface area contributed by atoms with E-state index >= 15 is 0 Å². The topological polar surface area (TPSA) is 18.5 Å². The van der Waals surface area contributed by atoms with Crippen LogP contribution in [-0.2, 0) is 0 Å². The van der Waals surface area contributed by atoms with Crippen molar-refractivity contribution in [2.75, 3.05) is 7.11 Å². The number of fused-ring (bicyclic) bond motifs is 1. The van der Waals surface area contributed by atoms with Crippen molar-refractivity contribution in [3.05, 3.63) is 52.3 Å². The van der Waals surface area contributed by atoms with Crippen LogP contribution in [-0.4, -0.2) is 7.11 Å². The number of methoxy groups -OCH3 is 1. The van der Waals surface area contributed by atoms with Crippen molar-refractivity contribution < 1.29 is 9.47 Å². The molecule has 2 aromatic carbocycles. The molecule has 3 aromatic rings. The van der Waals surface area contributed by atoms with Crippen molar-refractivity contribution in [1.29, 1.82) is 0 Å². The lowest BCUT2D eigenvalue weighted by Gasteiger charge is -2.04. The molecule has 0 N–H and O–H groups in total. The third kappa shape index (κ3) is 2.60. The van der Waals surface area contributed by atoms with Gasteiger partial charge in [-0.15, -0.1) is 11.3 Å². The summed E-state index contributed by atoms with van der Waals surface area (Å²) in [6.07, 6.45) is 0. The van der Waals surface area contributed by atoms with Crippen LogP contribution < -0.4 is 9.47 Å². The predicted octanol–water partition coefficient (Wildman–Crippen LogP) is 5.26. The standard InChI is InChI=1S/C15H10BrO2S/c1-17-12-6-7-13-14(9-19-15(13)8-12)18-11-4-2-10(16)3-5-11/h2-8H,1H3. The van der Waals surface area contributed by atoms with E-state index in [0.717, 1.165) is 31.8 Å². The first-order chi connectivity index (χ1) is 9.26. The first kappa shape index (κ1) is 12.5. The van der Waals surface area contributed by atoms with Crippen LogP contribution in [0.3, 0.4) is 0 Å². The lowest BCUT2D eigenvalue weighted by Crippen LogP contribution is -1.83. The molecule has 0 fully saturated rings. The third-order valence-corrected chi connectivity index (χ3v) is 4.09. The molecule has 0 aliphatic heterocycles. The average molecular weight is 334 g/mol. The summed E-state index contributed by atoms with van der Waals surface area (Å²) < 4.78 is 13.2. The molecule has 1 radical (unpaired) electrons. The first-order valence-corrected chi connectivity index (χ1v) is 7.29. The molecule has 0 amide bonds. The Kier molecular flexibility index (Phi) is 3.44. The monoisotopic (exact) mass is 333 g/mol. The Hall–Kier alpha value is -1.52. The molecule has 0 unspecified atom stereocenters. The van der Waals surface area contributed by atoms with E-state index in [1.54, 1.807) is 7.11 Å². The van der Waals surface area contributed by atoms with Gasteiger partial charge in [0.15, 0.2) is 5.75 Å². The van der Waals surface area contributed by atoms with Crippen LogP contribution >= 0.6 is 27.3 Å². The number of halogens is 1. The molecule has 19 heavy (non-hydrogen) atoms. The Labute approximate surface area is 123 Å². The molecular formula is C15H10BrO2S. The minimum absolute atomic E-state index is 0.755. The first-order valence-electron chi connectivity index (χ1n) is 5.68.